The van der Waals surface area contributed by atoms with Crippen molar-refractivity contribution in [2.45, 2.75) is 31.6 Å². The summed E-state index contributed by atoms with van der Waals surface area (Å²) >= 11 is 3.17. The molecule has 1 heterocycles. The van der Waals surface area contributed by atoms with E-state index in [1.54, 1.807) is 0 Å². The van der Waals surface area contributed by atoms with Crippen LogP contribution in [0, 0.1) is 0 Å². The number of rotatable bonds is 6. The molecule has 0 radical (unpaired) electrons. The van der Waals surface area contributed by atoms with E-state index in [1.165, 1.54) is 0 Å². The summed E-state index contributed by atoms with van der Waals surface area (Å²) in [6.45, 7) is 0.0770. The molecule has 0 bridgehead atoms. The van der Waals surface area contributed by atoms with Crippen molar-refractivity contribution >= 4 is 32.6 Å². The number of ether oxygens (including phenoxy) is 1. The molecule has 2 unspecified atom stereocenters. The summed E-state index contributed by atoms with van der Waals surface area (Å²) in [6, 6.07) is 8.03. The van der Waals surface area contributed by atoms with Gasteiger partial charge in [-0.2, -0.15) is 0 Å². The highest BCUT2D eigenvalue weighted by molar-refractivity contribution is 9.18. The minimum Gasteiger partial charge on any atom is -0.480 e. The van der Waals surface area contributed by atoms with E-state index >= 15 is 0 Å². The number of aliphatic carboxylic acids is 1. The molecule has 0 spiro atoms. The summed E-state index contributed by atoms with van der Waals surface area (Å²) in [5.74, 6) is -1.15. The predicted octanol–water partition coefficient (Wildman–Crippen LogP) is 2.25. The maximum Gasteiger partial charge on any atom is 0.408 e. The fourth-order valence-corrected chi connectivity index (χ4v) is 2.36. The first-order valence-electron chi connectivity index (χ1n) is 6.63. The van der Waals surface area contributed by atoms with Gasteiger partial charge in [-0.25, -0.2) is 9.59 Å². The van der Waals surface area contributed by atoms with Crippen LogP contribution in [0.1, 0.15) is 18.4 Å². The lowest BCUT2D eigenvalue weighted by atomic mass is 10.1. The smallest absolute Gasteiger partial charge is 0.408 e. The van der Waals surface area contributed by atoms with Gasteiger partial charge in [0.25, 0.3) is 0 Å². The van der Waals surface area contributed by atoms with Gasteiger partial charge in [0.05, 0.1) is 0 Å². The molecule has 0 saturated heterocycles. The van der Waals surface area contributed by atoms with Crippen molar-refractivity contribution in [2.24, 2.45) is 5.16 Å². The van der Waals surface area contributed by atoms with E-state index in [0.29, 0.717) is 11.0 Å². The average Bonchev–Trinajstić information content (AvgIpc) is 2.91. The number of nitrogens with zero attached hydrogens (tertiary/aromatic N) is 1. The fourth-order valence-electron chi connectivity index (χ4n) is 1.91. The zero-order chi connectivity index (χ0) is 15.9. The lowest BCUT2D eigenvalue weighted by Crippen LogP contribution is -2.43. The van der Waals surface area contributed by atoms with Crippen LogP contribution in [0.15, 0.2) is 35.5 Å². The van der Waals surface area contributed by atoms with Gasteiger partial charge in [0.1, 0.15) is 23.4 Å². The van der Waals surface area contributed by atoms with Crippen LogP contribution in [0.5, 0.6) is 0 Å². The SMILES string of the molecule is O=C(NC(CC1CC(Br)=NO1)C(=O)O)OCc1ccccc1. The Morgan fingerprint density at radius 3 is 2.77 bits per heavy atom. The van der Waals surface area contributed by atoms with Gasteiger partial charge < -0.3 is 20.0 Å². The Morgan fingerprint density at radius 1 is 1.45 bits per heavy atom. The molecule has 1 amide bonds. The first-order chi connectivity index (χ1) is 10.5. The molecule has 0 aliphatic carbocycles. The Morgan fingerprint density at radius 2 is 2.18 bits per heavy atom. The minimum absolute atomic E-state index is 0.0770. The Kier molecular flexibility index (Phi) is 5.76. The number of hydrogen-bond acceptors (Lipinski definition) is 5. The molecular weight excluding hydrogens is 356 g/mol. The van der Waals surface area contributed by atoms with Gasteiger partial charge in [0.2, 0.25) is 0 Å². The fraction of sp³-hybridized carbons (Fsp3) is 0.357. The Bertz CT molecular complexity index is 564. The molecule has 22 heavy (non-hydrogen) atoms. The number of carbonyl (C=O) groups is 2. The van der Waals surface area contributed by atoms with Gasteiger partial charge in [-0.15, -0.1) is 0 Å². The van der Waals surface area contributed by atoms with Crippen molar-refractivity contribution in [1.29, 1.82) is 0 Å². The molecule has 1 aromatic carbocycles. The van der Waals surface area contributed by atoms with E-state index in [4.69, 9.17) is 14.7 Å². The molecule has 1 aromatic rings. The summed E-state index contributed by atoms with van der Waals surface area (Å²) in [5, 5.41) is 15.2. The molecule has 0 saturated carbocycles. The van der Waals surface area contributed by atoms with Crippen LogP contribution in [0.25, 0.3) is 0 Å². The molecule has 7 nitrogen and oxygen atoms in total. The number of carboxylic acids is 1. The summed E-state index contributed by atoms with van der Waals surface area (Å²) in [6.07, 6.45) is -0.585. The average molecular weight is 371 g/mol. The van der Waals surface area contributed by atoms with Crippen LogP contribution in [0.3, 0.4) is 0 Å². The van der Waals surface area contributed by atoms with Crippen molar-refractivity contribution in [1.82, 2.24) is 5.32 Å². The van der Waals surface area contributed by atoms with Crippen molar-refractivity contribution in [3.05, 3.63) is 35.9 Å². The largest absolute Gasteiger partial charge is 0.480 e. The van der Waals surface area contributed by atoms with E-state index < -0.39 is 18.1 Å². The quantitative estimate of drug-likeness (QED) is 0.800. The third kappa shape index (κ3) is 5.03. The number of alkyl carbamates (subject to hydrolysis) is 1. The zero-order valence-electron chi connectivity index (χ0n) is 11.6. The second-order valence-corrected chi connectivity index (χ2v) is 5.65. The Labute approximate surface area is 135 Å². The van der Waals surface area contributed by atoms with Gasteiger partial charge in [-0.3, -0.25) is 0 Å². The van der Waals surface area contributed by atoms with Gasteiger partial charge in [-0.05, 0) is 21.5 Å². The summed E-state index contributed by atoms with van der Waals surface area (Å²) in [4.78, 5) is 27.9. The maximum absolute atomic E-state index is 11.7. The Hall–Kier alpha value is -2.09. The summed E-state index contributed by atoms with van der Waals surface area (Å²) in [7, 11) is 0. The highest BCUT2D eigenvalue weighted by Gasteiger charge is 2.29. The minimum atomic E-state index is -1.15. The highest BCUT2D eigenvalue weighted by atomic mass is 79.9. The van der Waals surface area contributed by atoms with Gasteiger partial charge in [-0.1, -0.05) is 35.5 Å². The molecule has 2 rings (SSSR count). The normalized spacial score (nSPS) is 18.0. The third-order valence-corrected chi connectivity index (χ3v) is 3.47. The van der Waals surface area contributed by atoms with Crippen molar-refractivity contribution in [2.75, 3.05) is 0 Å². The number of carbonyl (C=O) groups excluding carboxylic acids is 1. The molecule has 2 atom stereocenters. The molecule has 1 aliphatic rings. The molecule has 0 fully saturated rings. The molecule has 2 N–H and O–H groups in total. The monoisotopic (exact) mass is 370 g/mol. The second-order valence-electron chi connectivity index (χ2n) is 4.73. The third-order valence-electron chi connectivity index (χ3n) is 3.00. The second kappa shape index (κ2) is 7.79. The van der Waals surface area contributed by atoms with Gasteiger partial charge in [0.15, 0.2) is 0 Å². The Balaban J connectivity index is 1.80. The predicted molar refractivity (Wildman–Crippen MR) is 81.7 cm³/mol. The number of oxime groups is 1. The van der Waals surface area contributed by atoms with E-state index in [1.807, 2.05) is 30.3 Å². The number of halogens is 1. The number of carboxylic acid groups (broad SMARTS) is 1. The van der Waals surface area contributed by atoms with Gasteiger partial charge >= 0.3 is 12.1 Å². The molecule has 0 aromatic heterocycles. The van der Waals surface area contributed by atoms with Gasteiger partial charge in [0, 0.05) is 12.8 Å². The van der Waals surface area contributed by atoms with Crippen LogP contribution in [-0.4, -0.2) is 33.9 Å². The van der Waals surface area contributed by atoms with Crippen LogP contribution in [0.2, 0.25) is 0 Å². The van der Waals surface area contributed by atoms with Crippen LogP contribution >= 0.6 is 15.9 Å². The first-order valence-corrected chi connectivity index (χ1v) is 7.42. The van der Waals surface area contributed by atoms with E-state index in [2.05, 4.69) is 26.4 Å². The zero-order valence-corrected chi connectivity index (χ0v) is 13.2. The summed E-state index contributed by atoms with van der Waals surface area (Å²) < 4.78 is 5.62. The van der Waals surface area contributed by atoms with E-state index in [9.17, 15) is 9.59 Å². The topological polar surface area (TPSA) is 97.2 Å². The van der Waals surface area contributed by atoms with Crippen LogP contribution in [0.4, 0.5) is 4.79 Å². The number of amides is 1. The lowest BCUT2D eigenvalue weighted by Gasteiger charge is -2.17. The molecule has 1 aliphatic heterocycles. The van der Waals surface area contributed by atoms with E-state index in [-0.39, 0.29) is 19.1 Å². The molecule has 118 valence electrons. The number of hydrogen-bond donors (Lipinski definition) is 2. The van der Waals surface area contributed by atoms with Crippen LogP contribution in [-0.2, 0) is 21.0 Å². The van der Waals surface area contributed by atoms with Crippen LogP contribution < -0.4 is 5.32 Å². The van der Waals surface area contributed by atoms with Crippen molar-refractivity contribution < 1.29 is 24.3 Å². The number of nitrogens with one attached hydrogen (secondary N) is 1. The molecule has 8 heteroatoms. The standard InChI is InChI=1S/C14H15BrN2O5/c15-12-7-10(22-17-12)6-11(13(18)19)16-14(20)21-8-9-4-2-1-3-5-9/h1-5,10-11H,6-8H2,(H,16,20)(H,18,19). The summed E-state index contributed by atoms with van der Waals surface area (Å²) in [5.41, 5.74) is 0.820. The van der Waals surface area contributed by atoms with Crippen molar-refractivity contribution in [3.8, 4) is 0 Å². The maximum atomic E-state index is 11.7. The first kappa shape index (κ1) is 16.3. The highest BCUT2D eigenvalue weighted by Crippen LogP contribution is 2.18. The van der Waals surface area contributed by atoms with E-state index in [0.717, 1.165) is 5.56 Å². The number of benzene rings is 1. The molecular formula is C14H15BrN2O5. The lowest BCUT2D eigenvalue weighted by molar-refractivity contribution is -0.140. The van der Waals surface area contributed by atoms with Crippen molar-refractivity contribution in [3.63, 3.8) is 0 Å².